The molecule has 0 saturated heterocycles. The van der Waals surface area contributed by atoms with Crippen LogP contribution in [0.2, 0.25) is 0 Å². The first-order valence-corrected chi connectivity index (χ1v) is 6.96. The van der Waals surface area contributed by atoms with E-state index in [1.807, 2.05) is 0 Å². The van der Waals surface area contributed by atoms with Crippen LogP contribution in [0.3, 0.4) is 0 Å². The third-order valence-electron chi connectivity index (χ3n) is 4.28. The summed E-state index contributed by atoms with van der Waals surface area (Å²) in [4.78, 5) is 0. The van der Waals surface area contributed by atoms with Crippen LogP contribution < -0.4 is 0 Å². The summed E-state index contributed by atoms with van der Waals surface area (Å²) in [5.41, 5.74) is 7.40. The van der Waals surface area contributed by atoms with Gasteiger partial charge in [0.1, 0.15) is 0 Å². The van der Waals surface area contributed by atoms with Crippen LogP contribution >= 0.6 is 0 Å². The molecule has 0 saturated carbocycles. The number of rotatable bonds is 2. The summed E-state index contributed by atoms with van der Waals surface area (Å²) in [6.45, 7) is 0. The van der Waals surface area contributed by atoms with Crippen LogP contribution in [0.25, 0.3) is 11.1 Å². The Morgan fingerprint density at radius 1 is 0.850 bits per heavy atom. The van der Waals surface area contributed by atoms with Gasteiger partial charge in [0.15, 0.2) is 0 Å². The molecular formula is C19H16Zr. The van der Waals surface area contributed by atoms with Crippen molar-refractivity contribution in [3.63, 3.8) is 0 Å². The molecule has 0 radical (unpaired) electrons. The predicted octanol–water partition coefficient (Wildman–Crippen LogP) is 5.07. The van der Waals surface area contributed by atoms with Gasteiger partial charge in [-0.1, -0.05) is 72.3 Å². The predicted molar refractivity (Wildman–Crippen MR) is 80.2 cm³/mol. The molecule has 0 N–H and O–H groups in total. The van der Waals surface area contributed by atoms with Crippen molar-refractivity contribution in [2.24, 2.45) is 0 Å². The maximum absolute atomic E-state index is 2.29. The minimum absolute atomic E-state index is 0. The zero-order valence-electron chi connectivity index (χ0n) is 11.3. The molecule has 2 aromatic rings. The van der Waals surface area contributed by atoms with E-state index in [0.717, 1.165) is 12.8 Å². The zero-order chi connectivity index (χ0) is 12.7. The molecule has 0 spiro atoms. The smallest absolute Gasteiger partial charge is 0.0139 e. The van der Waals surface area contributed by atoms with Gasteiger partial charge in [-0.2, -0.15) is 0 Å². The monoisotopic (exact) mass is 334 g/mol. The average Bonchev–Trinajstić information content (AvgIpc) is 3.08. The largest absolute Gasteiger partial charge is 0.0805 e. The molecule has 2 aliphatic carbocycles. The van der Waals surface area contributed by atoms with Crippen molar-refractivity contribution in [1.29, 1.82) is 0 Å². The van der Waals surface area contributed by atoms with Crippen molar-refractivity contribution >= 4 is 0 Å². The molecule has 2 aromatic carbocycles. The van der Waals surface area contributed by atoms with E-state index in [0.29, 0.717) is 5.92 Å². The molecule has 20 heavy (non-hydrogen) atoms. The van der Waals surface area contributed by atoms with E-state index in [4.69, 9.17) is 0 Å². The van der Waals surface area contributed by atoms with Crippen molar-refractivity contribution in [2.45, 2.75) is 18.8 Å². The number of hydrogen-bond donors (Lipinski definition) is 0. The molecule has 96 valence electrons. The van der Waals surface area contributed by atoms with E-state index >= 15 is 0 Å². The molecule has 2 aliphatic rings. The minimum Gasteiger partial charge on any atom is -0.0805 e. The molecule has 0 nitrogen and oxygen atoms in total. The third kappa shape index (κ3) is 2.19. The second kappa shape index (κ2) is 5.66. The van der Waals surface area contributed by atoms with Crippen LogP contribution in [0.5, 0.6) is 0 Å². The number of hydrogen-bond acceptors (Lipinski definition) is 0. The van der Waals surface area contributed by atoms with Crippen LogP contribution in [-0.2, 0) is 26.2 Å². The summed E-state index contributed by atoms with van der Waals surface area (Å²) in [6.07, 6.45) is 9.00. The topological polar surface area (TPSA) is 0 Å². The normalized spacial score (nSPS) is 15.5. The summed E-state index contributed by atoms with van der Waals surface area (Å²) >= 11 is 0. The summed E-state index contributed by atoms with van der Waals surface area (Å²) in [7, 11) is 0. The van der Waals surface area contributed by atoms with Gasteiger partial charge in [-0.3, -0.25) is 0 Å². The average molecular weight is 336 g/mol. The Kier molecular flexibility index (Phi) is 3.90. The fourth-order valence-electron chi connectivity index (χ4n) is 3.38. The zero-order valence-corrected chi connectivity index (χ0v) is 13.8. The number of fused-ring (bicyclic) bond motifs is 3. The molecule has 4 rings (SSSR count). The van der Waals surface area contributed by atoms with E-state index in [2.05, 4.69) is 66.8 Å². The Bertz CT molecular complexity index is 649. The SMILES string of the molecule is C1=CCC(CC2c3ccccc3-c3ccccc32)=C1.[Zr]. The Hall–Kier alpha value is -1.20. The van der Waals surface area contributed by atoms with Crippen LogP contribution in [-0.4, -0.2) is 0 Å². The van der Waals surface area contributed by atoms with E-state index < -0.39 is 0 Å². The summed E-state index contributed by atoms with van der Waals surface area (Å²) in [5, 5.41) is 0. The summed E-state index contributed by atoms with van der Waals surface area (Å²) in [5.74, 6) is 0.540. The van der Waals surface area contributed by atoms with Gasteiger partial charge >= 0.3 is 0 Å². The van der Waals surface area contributed by atoms with E-state index in [1.165, 1.54) is 22.3 Å². The van der Waals surface area contributed by atoms with E-state index in [-0.39, 0.29) is 26.2 Å². The minimum atomic E-state index is 0. The van der Waals surface area contributed by atoms with Gasteiger partial charge in [0, 0.05) is 32.1 Å². The van der Waals surface area contributed by atoms with E-state index in [9.17, 15) is 0 Å². The van der Waals surface area contributed by atoms with Gasteiger partial charge in [-0.25, -0.2) is 0 Å². The molecule has 0 aliphatic heterocycles. The second-order valence-corrected chi connectivity index (χ2v) is 5.39. The number of allylic oxidation sites excluding steroid dienone is 4. The molecule has 0 atom stereocenters. The molecule has 0 unspecified atom stereocenters. The van der Waals surface area contributed by atoms with Crippen LogP contribution in [0.1, 0.15) is 29.9 Å². The van der Waals surface area contributed by atoms with Crippen LogP contribution in [0.4, 0.5) is 0 Å². The fraction of sp³-hybridized carbons (Fsp3) is 0.158. The van der Waals surface area contributed by atoms with Gasteiger partial charge in [-0.15, -0.1) is 0 Å². The molecule has 1 heteroatoms. The quantitative estimate of drug-likeness (QED) is 0.718. The fourth-order valence-corrected chi connectivity index (χ4v) is 3.38. The standard InChI is InChI=1S/C19H16.Zr/c1-2-8-14(7-1)13-19-17-11-5-3-9-15(17)16-10-4-6-12-18(16)19;/h1-7,9-12,19H,8,13H2;. The van der Waals surface area contributed by atoms with Crippen LogP contribution in [0.15, 0.2) is 72.3 Å². The molecule has 0 amide bonds. The Morgan fingerprint density at radius 2 is 1.45 bits per heavy atom. The van der Waals surface area contributed by atoms with Crippen molar-refractivity contribution in [3.05, 3.63) is 83.5 Å². The van der Waals surface area contributed by atoms with Crippen molar-refractivity contribution in [2.75, 3.05) is 0 Å². The Balaban J connectivity index is 0.00000121. The molecule has 0 heterocycles. The van der Waals surface area contributed by atoms with Crippen molar-refractivity contribution in [3.8, 4) is 11.1 Å². The summed E-state index contributed by atoms with van der Waals surface area (Å²) in [6, 6.07) is 17.7. The van der Waals surface area contributed by atoms with Gasteiger partial charge in [0.25, 0.3) is 0 Å². The first-order chi connectivity index (χ1) is 9.43. The third-order valence-corrected chi connectivity index (χ3v) is 4.28. The first-order valence-electron chi connectivity index (χ1n) is 6.96. The number of benzene rings is 2. The van der Waals surface area contributed by atoms with Crippen molar-refractivity contribution < 1.29 is 26.2 Å². The maximum atomic E-state index is 2.29. The Morgan fingerprint density at radius 3 is 2.00 bits per heavy atom. The first kappa shape index (κ1) is 13.8. The van der Waals surface area contributed by atoms with Gasteiger partial charge in [0.05, 0.1) is 0 Å². The van der Waals surface area contributed by atoms with Crippen molar-refractivity contribution in [1.82, 2.24) is 0 Å². The van der Waals surface area contributed by atoms with Gasteiger partial charge < -0.3 is 0 Å². The summed E-state index contributed by atoms with van der Waals surface area (Å²) < 4.78 is 0. The second-order valence-electron chi connectivity index (χ2n) is 5.39. The van der Waals surface area contributed by atoms with Crippen LogP contribution in [0, 0.1) is 0 Å². The Labute approximate surface area is 139 Å². The van der Waals surface area contributed by atoms with Gasteiger partial charge in [-0.05, 0) is 35.1 Å². The molecule has 0 fully saturated rings. The molecule has 0 bridgehead atoms. The molecular weight excluding hydrogens is 319 g/mol. The van der Waals surface area contributed by atoms with E-state index in [1.54, 1.807) is 5.57 Å². The van der Waals surface area contributed by atoms with Gasteiger partial charge in [0.2, 0.25) is 0 Å². The molecule has 0 aromatic heterocycles. The maximum Gasteiger partial charge on any atom is 0.0139 e.